The Hall–Kier alpha value is -1.46. The molecule has 1 atom stereocenters. The highest BCUT2D eigenvalue weighted by atomic mass is 19.1. The van der Waals surface area contributed by atoms with Gasteiger partial charge in [0.05, 0.1) is 19.3 Å². The number of hydrogen-bond donors (Lipinski definition) is 1. The molecule has 0 aromatic heterocycles. The summed E-state index contributed by atoms with van der Waals surface area (Å²) >= 11 is 0. The number of carbonyl (C=O) groups excluding carboxylic acids is 1. The maximum atomic E-state index is 13.8. The third-order valence-electron chi connectivity index (χ3n) is 3.04. The van der Waals surface area contributed by atoms with Crippen molar-refractivity contribution >= 4 is 5.97 Å². The number of rotatable bonds is 8. The number of halogens is 1. The Kier molecular flexibility index (Phi) is 7.18. The first-order valence-corrected chi connectivity index (χ1v) is 6.71. The van der Waals surface area contributed by atoms with Crippen molar-refractivity contribution in [3.8, 4) is 0 Å². The lowest BCUT2D eigenvalue weighted by Gasteiger charge is -2.17. The van der Waals surface area contributed by atoms with Crippen LogP contribution in [-0.2, 0) is 16.0 Å². The summed E-state index contributed by atoms with van der Waals surface area (Å²) in [6, 6.07) is 4.77. The summed E-state index contributed by atoms with van der Waals surface area (Å²) in [5, 5.41) is 3.32. The average Bonchev–Trinajstić information content (AvgIpc) is 2.44. The molecule has 1 aromatic carbocycles. The molecule has 0 radical (unpaired) electrons. The summed E-state index contributed by atoms with van der Waals surface area (Å²) in [4.78, 5) is 11.3. The molecule has 20 heavy (non-hydrogen) atoms. The number of methoxy groups -OCH3 is 2. The van der Waals surface area contributed by atoms with Gasteiger partial charge >= 0.3 is 5.97 Å². The van der Waals surface area contributed by atoms with Gasteiger partial charge in [0.1, 0.15) is 5.82 Å². The van der Waals surface area contributed by atoms with Crippen LogP contribution in [0, 0.1) is 5.82 Å². The van der Waals surface area contributed by atoms with E-state index in [-0.39, 0.29) is 11.6 Å². The largest absolute Gasteiger partial charge is 0.465 e. The van der Waals surface area contributed by atoms with Crippen LogP contribution in [0.5, 0.6) is 0 Å². The normalized spacial score (nSPS) is 12.2. The number of nitrogens with one attached hydrogen (secondary N) is 1. The fourth-order valence-electron chi connectivity index (χ4n) is 2.00. The molecule has 0 aliphatic carbocycles. The third kappa shape index (κ3) is 4.90. The molecular weight excluding hydrogens is 261 g/mol. The summed E-state index contributed by atoms with van der Waals surface area (Å²) in [6.45, 7) is 3.26. The summed E-state index contributed by atoms with van der Waals surface area (Å²) < 4.78 is 23.4. The zero-order valence-corrected chi connectivity index (χ0v) is 12.2. The van der Waals surface area contributed by atoms with Crippen molar-refractivity contribution in [3.63, 3.8) is 0 Å². The summed E-state index contributed by atoms with van der Waals surface area (Å²) in [5.74, 6) is -1.22. The van der Waals surface area contributed by atoms with Crippen LogP contribution >= 0.6 is 0 Å². The topological polar surface area (TPSA) is 47.6 Å². The highest BCUT2D eigenvalue weighted by Crippen LogP contribution is 2.12. The average molecular weight is 283 g/mol. The molecule has 0 amide bonds. The fourth-order valence-corrected chi connectivity index (χ4v) is 2.00. The standard InChI is InChI=1S/C15H22FNO3/c1-4-5-12(10-19-2)17-9-11-6-7-13(14(16)8-11)15(18)20-3/h6-8,12,17H,4-5,9-10H2,1-3H3. The van der Waals surface area contributed by atoms with Gasteiger partial charge in [-0.1, -0.05) is 19.4 Å². The highest BCUT2D eigenvalue weighted by Gasteiger charge is 2.13. The molecule has 0 saturated carbocycles. The summed E-state index contributed by atoms with van der Waals surface area (Å²) in [5.41, 5.74) is 0.741. The van der Waals surface area contributed by atoms with Crippen LogP contribution in [0.15, 0.2) is 18.2 Å². The van der Waals surface area contributed by atoms with Crippen LogP contribution in [0.3, 0.4) is 0 Å². The van der Waals surface area contributed by atoms with Crippen molar-refractivity contribution in [1.82, 2.24) is 5.32 Å². The molecule has 1 unspecified atom stereocenters. The lowest BCUT2D eigenvalue weighted by atomic mass is 10.1. The molecule has 0 aliphatic heterocycles. The van der Waals surface area contributed by atoms with Crippen LogP contribution in [0.2, 0.25) is 0 Å². The van der Waals surface area contributed by atoms with Gasteiger partial charge in [0.2, 0.25) is 0 Å². The first-order valence-electron chi connectivity index (χ1n) is 6.71. The third-order valence-corrected chi connectivity index (χ3v) is 3.04. The molecule has 0 spiro atoms. The lowest BCUT2D eigenvalue weighted by Crippen LogP contribution is -2.32. The Morgan fingerprint density at radius 3 is 2.70 bits per heavy atom. The molecule has 0 aliphatic rings. The van der Waals surface area contributed by atoms with Crippen molar-refractivity contribution in [3.05, 3.63) is 35.1 Å². The lowest BCUT2D eigenvalue weighted by molar-refractivity contribution is 0.0595. The number of benzene rings is 1. The predicted molar refractivity (Wildman–Crippen MR) is 75.2 cm³/mol. The van der Waals surface area contributed by atoms with E-state index in [1.54, 1.807) is 13.2 Å². The van der Waals surface area contributed by atoms with Gasteiger partial charge in [0.25, 0.3) is 0 Å². The van der Waals surface area contributed by atoms with E-state index in [9.17, 15) is 9.18 Å². The minimum Gasteiger partial charge on any atom is -0.465 e. The van der Waals surface area contributed by atoms with E-state index in [1.807, 2.05) is 0 Å². The van der Waals surface area contributed by atoms with Gasteiger partial charge in [-0.2, -0.15) is 0 Å². The molecule has 1 rings (SSSR count). The maximum Gasteiger partial charge on any atom is 0.340 e. The van der Waals surface area contributed by atoms with E-state index in [2.05, 4.69) is 17.0 Å². The van der Waals surface area contributed by atoms with Crippen molar-refractivity contribution in [2.45, 2.75) is 32.4 Å². The molecule has 0 bridgehead atoms. The van der Waals surface area contributed by atoms with Crippen LogP contribution < -0.4 is 5.32 Å². The summed E-state index contributed by atoms with van der Waals surface area (Å²) in [6.07, 6.45) is 2.05. The molecule has 1 N–H and O–H groups in total. The molecule has 112 valence electrons. The quantitative estimate of drug-likeness (QED) is 0.745. The Morgan fingerprint density at radius 1 is 1.40 bits per heavy atom. The van der Waals surface area contributed by atoms with E-state index >= 15 is 0 Å². The van der Waals surface area contributed by atoms with Gasteiger partial charge in [0, 0.05) is 19.7 Å². The second-order valence-corrected chi connectivity index (χ2v) is 4.63. The minimum absolute atomic E-state index is 0.0433. The molecule has 0 fully saturated rings. The van der Waals surface area contributed by atoms with Crippen LogP contribution in [-0.4, -0.2) is 32.8 Å². The first kappa shape index (κ1) is 16.6. The molecule has 5 heteroatoms. The number of ether oxygens (including phenoxy) is 2. The zero-order valence-electron chi connectivity index (χ0n) is 12.2. The van der Waals surface area contributed by atoms with Crippen molar-refractivity contribution in [1.29, 1.82) is 0 Å². The Bertz CT molecular complexity index is 431. The van der Waals surface area contributed by atoms with Crippen LogP contribution in [0.25, 0.3) is 0 Å². The second-order valence-electron chi connectivity index (χ2n) is 4.63. The van der Waals surface area contributed by atoms with Crippen LogP contribution in [0.4, 0.5) is 4.39 Å². The van der Waals surface area contributed by atoms with Gasteiger partial charge in [-0.25, -0.2) is 9.18 Å². The summed E-state index contributed by atoms with van der Waals surface area (Å²) in [7, 11) is 2.90. The molecule has 0 saturated heterocycles. The molecule has 0 heterocycles. The van der Waals surface area contributed by atoms with Crippen molar-refractivity contribution < 1.29 is 18.7 Å². The van der Waals surface area contributed by atoms with E-state index in [0.717, 1.165) is 18.4 Å². The number of carbonyl (C=O) groups is 1. The van der Waals surface area contributed by atoms with Crippen molar-refractivity contribution in [2.24, 2.45) is 0 Å². The zero-order chi connectivity index (χ0) is 15.0. The smallest absolute Gasteiger partial charge is 0.340 e. The van der Waals surface area contributed by atoms with Gasteiger partial charge < -0.3 is 14.8 Å². The van der Waals surface area contributed by atoms with E-state index in [0.29, 0.717) is 13.2 Å². The van der Waals surface area contributed by atoms with Gasteiger partial charge in [-0.3, -0.25) is 0 Å². The Balaban J connectivity index is 2.64. The SMILES string of the molecule is CCCC(COC)NCc1ccc(C(=O)OC)c(F)c1. The maximum absolute atomic E-state index is 13.8. The fraction of sp³-hybridized carbons (Fsp3) is 0.533. The van der Waals surface area contributed by atoms with E-state index in [1.165, 1.54) is 19.2 Å². The second kappa shape index (κ2) is 8.66. The Morgan fingerprint density at radius 2 is 2.15 bits per heavy atom. The minimum atomic E-state index is -0.662. The monoisotopic (exact) mass is 283 g/mol. The van der Waals surface area contributed by atoms with Crippen LogP contribution in [0.1, 0.15) is 35.7 Å². The molecule has 4 nitrogen and oxygen atoms in total. The molecule has 1 aromatic rings. The number of esters is 1. The Labute approximate surface area is 119 Å². The highest BCUT2D eigenvalue weighted by molar-refractivity contribution is 5.89. The first-order chi connectivity index (χ1) is 9.62. The predicted octanol–water partition coefficient (Wildman–Crippen LogP) is 2.52. The molecular formula is C15H22FNO3. The van der Waals surface area contributed by atoms with E-state index in [4.69, 9.17) is 4.74 Å². The van der Waals surface area contributed by atoms with Gasteiger partial charge in [-0.15, -0.1) is 0 Å². The van der Waals surface area contributed by atoms with Gasteiger partial charge in [-0.05, 0) is 24.1 Å². The van der Waals surface area contributed by atoms with E-state index < -0.39 is 11.8 Å². The number of hydrogen-bond acceptors (Lipinski definition) is 4. The van der Waals surface area contributed by atoms with Gasteiger partial charge in [0.15, 0.2) is 0 Å². The van der Waals surface area contributed by atoms with Crippen molar-refractivity contribution in [2.75, 3.05) is 20.8 Å².